The van der Waals surface area contributed by atoms with E-state index in [1.807, 2.05) is 0 Å². The van der Waals surface area contributed by atoms with Crippen LogP contribution in [0.1, 0.15) is 27.2 Å². The molecule has 100 valence electrons. The van der Waals surface area contributed by atoms with Crippen LogP contribution in [0.3, 0.4) is 0 Å². The van der Waals surface area contributed by atoms with Crippen molar-refractivity contribution >= 4 is 17.7 Å². The van der Waals surface area contributed by atoms with E-state index < -0.39 is 12.1 Å². The van der Waals surface area contributed by atoms with Gasteiger partial charge < -0.3 is 5.11 Å². The van der Waals surface area contributed by atoms with E-state index in [4.69, 9.17) is 5.11 Å². The molecule has 0 spiro atoms. The highest BCUT2D eigenvalue weighted by Crippen LogP contribution is 2.28. The zero-order valence-corrected chi connectivity index (χ0v) is 11.6. The van der Waals surface area contributed by atoms with Crippen LogP contribution >= 0.6 is 11.8 Å². The molecule has 0 bridgehead atoms. The summed E-state index contributed by atoms with van der Waals surface area (Å²) in [5.74, 6) is -0.118. The molecule has 1 heterocycles. The zero-order chi connectivity index (χ0) is 13.1. The molecule has 17 heavy (non-hydrogen) atoms. The highest BCUT2D eigenvalue weighted by Gasteiger charge is 2.33. The molecule has 0 aromatic carbocycles. The Morgan fingerprint density at radius 2 is 2.18 bits per heavy atom. The molecule has 0 saturated carbocycles. The van der Waals surface area contributed by atoms with Crippen molar-refractivity contribution in [1.29, 1.82) is 0 Å². The van der Waals surface area contributed by atoms with Crippen molar-refractivity contribution in [3.63, 3.8) is 0 Å². The summed E-state index contributed by atoms with van der Waals surface area (Å²) in [4.78, 5) is 12.5. The summed E-state index contributed by atoms with van der Waals surface area (Å²) in [6.07, 6.45) is -0.00492. The topological polar surface area (TPSA) is 40.5 Å². The Labute approximate surface area is 107 Å². The maximum atomic E-state index is 14.0. The average molecular weight is 263 g/mol. The van der Waals surface area contributed by atoms with Gasteiger partial charge in [-0.2, -0.15) is 0 Å². The van der Waals surface area contributed by atoms with Gasteiger partial charge in [-0.15, -0.1) is 11.8 Å². The number of nitrogens with zero attached hydrogens (tertiary/aromatic N) is 1. The molecule has 0 aliphatic carbocycles. The standard InChI is InChI=1S/C12H22FNO2S/c1-12(2,3)14-5-4-9(10(13)6-14)7-17-8-11(15)16/h9-10H,4-8H2,1-3H3,(H,15,16). The fraction of sp³-hybridized carbons (Fsp3) is 0.917. The molecule has 1 N–H and O–H groups in total. The predicted octanol–water partition coefficient (Wildman–Crippen LogP) is 2.26. The number of likely N-dealkylation sites (tertiary alicyclic amines) is 1. The summed E-state index contributed by atoms with van der Waals surface area (Å²) < 4.78 is 14.0. The number of thioether (sulfide) groups is 1. The van der Waals surface area contributed by atoms with Gasteiger partial charge in [-0.25, -0.2) is 4.39 Å². The molecule has 0 amide bonds. The van der Waals surface area contributed by atoms with Crippen LogP contribution in [0.5, 0.6) is 0 Å². The third-order valence-electron chi connectivity index (χ3n) is 3.18. The third kappa shape index (κ3) is 4.84. The minimum absolute atomic E-state index is 0.0120. The molecule has 2 atom stereocenters. The molecular formula is C12H22FNO2S. The number of carbonyl (C=O) groups is 1. The summed E-state index contributed by atoms with van der Waals surface area (Å²) in [7, 11) is 0. The second kappa shape index (κ2) is 6.05. The summed E-state index contributed by atoms with van der Waals surface area (Å²) in [5.41, 5.74) is 0.0174. The van der Waals surface area contributed by atoms with Crippen LogP contribution in [-0.4, -0.2) is 52.3 Å². The molecular weight excluding hydrogens is 241 g/mol. The number of halogens is 1. The fourth-order valence-electron chi connectivity index (χ4n) is 2.05. The van der Waals surface area contributed by atoms with Crippen molar-refractivity contribution < 1.29 is 14.3 Å². The first-order valence-corrected chi connectivity index (χ1v) is 7.15. The Kier molecular flexibility index (Phi) is 5.25. The summed E-state index contributed by atoms with van der Waals surface area (Å²) in [6, 6.07) is 0. The maximum absolute atomic E-state index is 14.0. The van der Waals surface area contributed by atoms with E-state index in [1.54, 1.807) is 0 Å². The first kappa shape index (κ1) is 14.8. The first-order valence-electron chi connectivity index (χ1n) is 5.99. The van der Waals surface area contributed by atoms with Gasteiger partial charge in [0.05, 0.1) is 5.75 Å². The Balaban J connectivity index is 2.35. The first-order chi connectivity index (χ1) is 7.80. The van der Waals surface area contributed by atoms with Gasteiger partial charge in [-0.05, 0) is 39.5 Å². The number of hydrogen-bond acceptors (Lipinski definition) is 3. The lowest BCUT2D eigenvalue weighted by atomic mass is 9.93. The average Bonchev–Trinajstić information content (AvgIpc) is 2.18. The largest absolute Gasteiger partial charge is 0.481 e. The van der Waals surface area contributed by atoms with E-state index in [9.17, 15) is 9.18 Å². The zero-order valence-electron chi connectivity index (χ0n) is 10.8. The number of carboxylic acids is 1. The molecule has 5 heteroatoms. The minimum atomic E-state index is -0.829. The minimum Gasteiger partial charge on any atom is -0.481 e. The number of piperidine rings is 1. The Morgan fingerprint density at radius 3 is 2.65 bits per heavy atom. The number of hydrogen-bond donors (Lipinski definition) is 1. The number of rotatable bonds is 4. The molecule has 0 aromatic rings. The van der Waals surface area contributed by atoms with Gasteiger partial charge in [0, 0.05) is 18.0 Å². The molecule has 1 fully saturated rings. The lowest BCUT2D eigenvalue weighted by molar-refractivity contribution is -0.133. The van der Waals surface area contributed by atoms with Gasteiger partial charge >= 0.3 is 5.97 Å². The molecule has 1 aliphatic rings. The molecule has 3 nitrogen and oxygen atoms in total. The maximum Gasteiger partial charge on any atom is 0.313 e. The summed E-state index contributed by atoms with van der Waals surface area (Å²) in [5, 5.41) is 8.53. The Bertz CT molecular complexity index is 268. The molecule has 1 aliphatic heterocycles. The molecule has 2 unspecified atom stereocenters. The van der Waals surface area contributed by atoms with Gasteiger partial charge in [-0.3, -0.25) is 9.69 Å². The van der Waals surface area contributed by atoms with E-state index in [-0.39, 0.29) is 17.2 Å². The van der Waals surface area contributed by atoms with E-state index >= 15 is 0 Å². The van der Waals surface area contributed by atoms with Crippen LogP contribution in [0, 0.1) is 5.92 Å². The van der Waals surface area contributed by atoms with E-state index in [2.05, 4.69) is 25.7 Å². The second-order valence-electron chi connectivity index (χ2n) is 5.59. The number of alkyl halides is 1. The van der Waals surface area contributed by atoms with Crippen LogP contribution in [0.15, 0.2) is 0 Å². The van der Waals surface area contributed by atoms with Crippen molar-refractivity contribution in [1.82, 2.24) is 4.90 Å². The van der Waals surface area contributed by atoms with E-state index in [0.29, 0.717) is 12.3 Å². The smallest absolute Gasteiger partial charge is 0.313 e. The van der Waals surface area contributed by atoms with Gasteiger partial charge in [-0.1, -0.05) is 0 Å². The Morgan fingerprint density at radius 1 is 1.53 bits per heavy atom. The Hall–Kier alpha value is -0.290. The van der Waals surface area contributed by atoms with Gasteiger partial charge in [0.1, 0.15) is 6.17 Å². The van der Waals surface area contributed by atoms with E-state index in [1.165, 1.54) is 11.8 Å². The van der Waals surface area contributed by atoms with Crippen molar-refractivity contribution in [3.05, 3.63) is 0 Å². The molecule has 1 rings (SSSR count). The van der Waals surface area contributed by atoms with Gasteiger partial charge in [0.2, 0.25) is 0 Å². The molecule has 1 saturated heterocycles. The second-order valence-corrected chi connectivity index (χ2v) is 6.62. The number of aliphatic carboxylic acids is 1. The lowest BCUT2D eigenvalue weighted by Gasteiger charge is -2.42. The fourth-order valence-corrected chi connectivity index (χ4v) is 3.02. The van der Waals surface area contributed by atoms with Crippen LogP contribution in [0.4, 0.5) is 4.39 Å². The third-order valence-corrected chi connectivity index (χ3v) is 4.30. The quantitative estimate of drug-likeness (QED) is 0.844. The predicted molar refractivity (Wildman–Crippen MR) is 69.3 cm³/mol. The number of carboxylic acid groups (broad SMARTS) is 1. The van der Waals surface area contributed by atoms with Crippen LogP contribution in [0.2, 0.25) is 0 Å². The molecule has 0 radical (unpaired) electrons. The van der Waals surface area contributed by atoms with Crippen LogP contribution in [-0.2, 0) is 4.79 Å². The van der Waals surface area contributed by atoms with Crippen molar-refractivity contribution in [2.24, 2.45) is 5.92 Å². The van der Waals surface area contributed by atoms with Crippen LogP contribution < -0.4 is 0 Å². The van der Waals surface area contributed by atoms with Crippen molar-refractivity contribution in [2.45, 2.75) is 38.9 Å². The highest BCUT2D eigenvalue weighted by molar-refractivity contribution is 7.99. The highest BCUT2D eigenvalue weighted by atomic mass is 32.2. The van der Waals surface area contributed by atoms with Crippen molar-refractivity contribution in [3.8, 4) is 0 Å². The summed E-state index contributed by atoms with van der Waals surface area (Å²) >= 11 is 1.32. The summed E-state index contributed by atoms with van der Waals surface area (Å²) in [6.45, 7) is 7.67. The van der Waals surface area contributed by atoms with Gasteiger partial charge in [0.25, 0.3) is 0 Å². The SMILES string of the molecule is CC(C)(C)N1CCC(CSCC(=O)O)C(F)C1. The van der Waals surface area contributed by atoms with Crippen molar-refractivity contribution in [2.75, 3.05) is 24.6 Å². The monoisotopic (exact) mass is 263 g/mol. The van der Waals surface area contributed by atoms with Crippen LogP contribution in [0.25, 0.3) is 0 Å². The molecule has 0 aromatic heterocycles. The van der Waals surface area contributed by atoms with Gasteiger partial charge in [0.15, 0.2) is 0 Å². The lowest BCUT2D eigenvalue weighted by Crippen LogP contribution is -2.51. The van der Waals surface area contributed by atoms with E-state index in [0.717, 1.165) is 13.0 Å². The normalized spacial score (nSPS) is 27.1.